The van der Waals surface area contributed by atoms with Gasteiger partial charge in [-0.25, -0.2) is 9.78 Å². The first-order chi connectivity index (χ1) is 16.6. The molecular formula is C26H24N5O3+. The molecule has 3 heterocycles. The molecule has 0 unspecified atom stereocenters. The average molecular weight is 455 g/mol. The van der Waals surface area contributed by atoms with E-state index in [0.717, 1.165) is 47.3 Å². The molecule has 0 saturated carbocycles. The molecule has 2 aromatic heterocycles. The van der Waals surface area contributed by atoms with E-state index in [-0.39, 0.29) is 5.56 Å². The molecule has 8 heteroatoms. The Morgan fingerprint density at radius 2 is 2.09 bits per heavy atom. The Balaban J connectivity index is 1.55. The zero-order valence-electron chi connectivity index (χ0n) is 19.0. The topological polar surface area (TPSA) is 91.2 Å². The number of carbonyl (C=O) groups excluding carboxylic acids is 2. The molecule has 8 nitrogen and oxygen atoms in total. The second kappa shape index (κ2) is 8.92. The number of ether oxygens (including phenoxy) is 1. The van der Waals surface area contributed by atoms with Crippen LogP contribution in [0.1, 0.15) is 34.6 Å². The van der Waals surface area contributed by atoms with E-state index in [2.05, 4.69) is 25.9 Å². The van der Waals surface area contributed by atoms with Gasteiger partial charge in [-0.3, -0.25) is 4.98 Å². The van der Waals surface area contributed by atoms with Gasteiger partial charge in [0.05, 0.1) is 24.5 Å². The van der Waals surface area contributed by atoms with E-state index in [9.17, 15) is 9.59 Å². The minimum absolute atomic E-state index is 0.264. The summed E-state index contributed by atoms with van der Waals surface area (Å²) in [6.07, 6.45) is 8.61. The standard InChI is InChI=1S/C26H24N5O3/c1-17-28-21-7-5-8-22(25(21)29-17)31(16-32)26(33)20-10-9-19(14-24(20)34-2)30-13-4-3-6-18-11-12-27-15-23(18)30/h5,7-12,14-15H,3-4,6,13H2,1-2H3,(H,28,29)/q+1. The number of aryl methyl sites for hydroxylation is 2. The molecule has 0 saturated heterocycles. The van der Waals surface area contributed by atoms with Crippen molar-refractivity contribution in [3.05, 3.63) is 71.8 Å². The molecule has 1 amide bonds. The van der Waals surface area contributed by atoms with Crippen molar-refractivity contribution in [2.45, 2.75) is 26.2 Å². The van der Waals surface area contributed by atoms with E-state index in [4.69, 9.17) is 4.74 Å². The molecule has 5 rings (SSSR count). The largest absolute Gasteiger partial charge is 0.496 e. The van der Waals surface area contributed by atoms with Crippen LogP contribution in [0.3, 0.4) is 0 Å². The number of anilines is 2. The molecular weight excluding hydrogens is 430 g/mol. The number of amides is 1. The lowest BCUT2D eigenvalue weighted by atomic mass is 10.1. The fraction of sp³-hybridized carbons (Fsp3) is 0.231. The van der Waals surface area contributed by atoms with Gasteiger partial charge in [0.1, 0.15) is 17.1 Å². The van der Waals surface area contributed by atoms with E-state index >= 15 is 0 Å². The van der Waals surface area contributed by atoms with Crippen LogP contribution in [0.25, 0.3) is 11.0 Å². The van der Waals surface area contributed by atoms with E-state index < -0.39 is 5.91 Å². The van der Waals surface area contributed by atoms with Crippen LogP contribution in [-0.4, -0.2) is 45.2 Å². The maximum atomic E-state index is 13.5. The first-order valence-corrected chi connectivity index (χ1v) is 11.2. The number of aromatic nitrogens is 3. The number of H-pyrrole nitrogens is 1. The Morgan fingerprint density at radius 1 is 1.21 bits per heavy atom. The number of pyridine rings is 1. The number of methoxy groups -OCH3 is 1. The Labute approximate surface area is 196 Å². The van der Waals surface area contributed by atoms with Gasteiger partial charge in [-0.1, -0.05) is 6.07 Å². The number of carbonyl (C=O) groups is 1. The van der Waals surface area contributed by atoms with Gasteiger partial charge < -0.3 is 14.6 Å². The van der Waals surface area contributed by atoms with Crippen molar-refractivity contribution < 1.29 is 18.9 Å². The molecule has 170 valence electrons. The first-order valence-electron chi connectivity index (χ1n) is 11.2. The number of nitrogens with one attached hydrogen (secondary N) is 1. The summed E-state index contributed by atoms with van der Waals surface area (Å²) in [7, 11) is 1.51. The Morgan fingerprint density at radius 3 is 2.91 bits per heavy atom. The third kappa shape index (κ3) is 3.74. The Kier molecular flexibility index (Phi) is 5.65. The van der Waals surface area contributed by atoms with E-state index in [1.807, 2.05) is 37.5 Å². The van der Waals surface area contributed by atoms with Crippen molar-refractivity contribution in [3.63, 3.8) is 0 Å². The zero-order valence-corrected chi connectivity index (χ0v) is 19.0. The summed E-state index contributed by atoms with van der Waals surface area (Å²) < 4.78 is 6.55. The van der Waals surface area contributed by atoms with Gasteiger partial charge in [0.2, 0.25) is 0 Å². The summed E-state index contributed by atoms with van der Waals surface area (Å²) in [4.78, 5) is 39.5. The van der Waals surface area contributed by atoms with Crippen LogP contribution in [0.2, 0.25) is 0 Å². The van der Waals surface area contributed by atoms with Gasteiger partial charge in [-0.05, 0) is 60.6 Å². The highest BCUT2D eigenvalue weighted by molar-refractivity contribution is 5.97. The maximum Gasteiger partial charge on any atom is 0.440 e. The SMILES string of the molecule is COc1cc(N2CCCCc3ccncc32)ccc1C(=O)[N+](=C=O)c1cccc2[nH]c(C)nc12. The third-order valence-electron chi connectivity index (χ3n) is 6.13. The lowest BCUT2D eigenvalue weighted by molar-refractivity contribution is -0.330. The average Bonchev–Trinajstić information content (AvgIpc) is 3.12. The molecule has 1 N–H and O–H groups in total. The van der Waals surface area contributed by atoms with Crippen molar-refractivity contribution in [1.82, 2.24) is 15.0 Å². The Hall–Kier alpha value is -4.29. The van der Waals surface area contributed by atoms with Crippen molar-refractivity contribution in [1.29, 1.82) is 0 Å². The quantitative estimate of drug-likeness (QED) is 0.276. The molecule has 0 atom stereocenters. The number of benzene rings is 2. The molecule has 1 aliphatic heterocycles. The summed E-state index contributed by atoms with van der Waals surface area (Å²) in [5.74, 6) is 0.530. The number of imidazole rings is 1. The highest BCUT2D eigenvalue weighted by atomic mass is 16.5. The maximum absolute atomic E-state index is 13.5. The van der Waals surface area contributed by atoms with Gasteiger partial charge in [0.25, 0.3) is 5.69 Å². The molecule has 2 aromatic carbocycles. The third-order valence-corrected chi connectivity index (χ3v) is 6.13. The number of hydrogen-bond donors (Lipinski definition) is 1. The molecule has 0 spiro atoms. The second-order valence-corrected chi connectivity index (χ2v) is 8.23. The van der Waals surface area contributed by atoms with Crippen molar-refractivity contribution in [3.8, 4) is 5.75 Å². The number of fused-ring (bicyclic) bond motifs is 2. The van der Waals surface area contributed by atoms with Gasteiger partial charge in [0.15, 0.2) is 5.52 Å². The smallest absolute Gasteiger partial charge is 0.440 e. The van der Waals surface area contributed by atoms with Gasteiger partial charge >= 0.3 is 12.0 Å². The van der Waals surface area contributed by atoms with Crippen LogP contribution in [0.15, 0.2) is 54.9 Å². The van der Waals surface area contributed by atoms with Crippen LogP contribution in [0.4, 0.5) is 17.1 Å². The molecule has 34 heavy (non-hydrogen) atoms. The van der Waals surface area contributed by atoms with Crippen molar-refractivity contribution in [2.24, 2.45) is 0 Å². The summed E-state index contributed by atoms with van der Waals surface area (Å²) in [6, 6.07) is 12.7. The highest BCUT2D eigenvalue weighted by Crippen LogP contribution is 2.35. The predicted octanol–water partition coefficient (Wildman–Crippen LogP) is 4.57. The summed E-state index contributed by atoms with van der Waals surface area (Å²) in [5, 5.41) is 0. The molecule has 0 fully saturated rings. The molecule has 0 radical (unpaired) electrons. The number of para-hydroxylation sites is 1. The number of isocyanates is 1. The zero-order chi connectivity index (χ0) is 23.7. The van der Waals surface area contributed by atoms with E-state index in [1.165, 1.54) is 12.7 Å². The van der Waals surface area contributed by atoms with Crippen LogP contribution in [-0.2, 0) is 11.2 Å². The van der Waals surface area contributed by atoms with Gasteiger partial charge in [-0.15, -0.1) is 0 Å². The normalized spacial score (nSPS) is 13.2. The van der Waals surface area contributed by atoms with Crippen molar-refractivity contribution in [2.75, 3.05) is 18.6 Å². The second-order valence-electron chi connectivity index (χ2n) is 8.23. The minimum atomic E-state index is -0.538. The highest BCUT2D eigenvalue weighted by Gasteiger charge is 2.31. The fourth-order valence-corrected chi connectivity index (χ4v) is 4.51. The number of aromatic amines is 1. The van der Waals surface area contributed by atoms with Crippen LogP contribution >= 0.6 is 0 Å². The van der Waals surface area contributed by atoms with E-state index in [0.29, 0.717) is 22.8 Å². The number of hydrogen-bond acceptors (Lipinski definition) is 6. The van der Waals surface area contributed by atoms with Gasteiger partial charge in [-0.2, -0.15) is 4.79 Å². The fourth-order valence-electron chi connectivity index (χ4n) is 4.51. The lowest BCUT2D eigenvalue weighted by Crippen LogP contribution is -2.20. The summed E-state index contributed by atoms with van der Waals surface area (Å²) in [5.41, 5.74) is 5.09. The predicted molar refractivity (Wildman–Crippen MR) is 128 cm³/mol. The van der Waals surface area contributed by atoms with Gasteiger partial charge in [0, 0.05) is 30.6 Å². The molecule has 1 aliphatic rings. The summed E-state index contributed by atoms with van der Waals surface area (Å²) in [6.45, 7) is 2.66. The molecule has 0 aliphatic carbocycles. The van der Waals surface area contributed by atoms with Crippen molar-refractivity contribution >= 4 is 40.1 Å². The monoisotopic (exact) mass is 454 g/mol. The van der Waals surface area contributed by atoms with Crippen LogP contribution in [0, 0.1) is 6.92 Å². The first kappa shape index (κ1) is 21.6. The van der Waals surface area contributed by atoms with E-state index in [1.54, 1.807) is 24.3 Å². The van der Waals surface area contributed by atoms with Crippen LogP contribution < -0.4 is 9.64 Å². The lowest BCUT2D eigenvalue weighted by Gasteiger charge is -2.25. The molecule has 4 aromatic rings. The number of nitrogens with zero attached hydrogens (tertiary/aromatic N) is 4. The minimum Gasteiger partial charge on any atom is -0.496 e. The number of rotatable bonds is 4. The molecule has 0 bridgehead atoms. The van der Waals surface area contributed by atoms with Crippen LogP contribution in [0.5, 0.6) is 5.75 Å². The Bertz CT molecular complexity index is 1450. The summed E-state index contributed by atoms with van der Waals surface area (Å²) >= 11 is 0.